The second-order valence-corrected chi connectivity index (χ2v) is 6.67. The first-order valence-corrected chi connectivity index (χ1v) is 9.17. The number of methoxy groups -OCH3 is 1. The second-order valence-electron chi connectivity index (χ2n) is 6.67. The van der Waals surface area contributed by atoms with Gasteiger partial charge in [-0.1, -0.05) is 48.5 Å². The monoisotopic (exact) mass is 360 g/mol. The van der Waals surface area contributed by atoms with Crippen LogP contribution in [0.25, 0.3) is 0 Å². The molecule has 0 fully saturated rings. The molecule has 0 amide bonds. The molecule has 0 aromatic heterocycles. The second kappa shape index (κ2) is 9.04. The van der Waals surface area contributed by atoms with Gasteiger partial charge in [0.15, 0.2) is 0 Å². The van der Waals surface area contributed by atoms with Crippen molar-refractivity contribution >= 4 is 5.97 Å². The third-order valence-electron chi connectivity index (χ3n) is 4.79. The van der Waals surface area contributed by atoms with E-state index in [1.165, 1.54) is 16.7 Å². The Hall–Kier alpha value is -3.07. The van der Waals surface area contributed by atoms with Gasteiger partial charge in [0, 0.05) is 0 Å². The van der Waals surface area contributed by atoms with E-state index in [0.717, 1.165) is 37.0 Å². The summed E-state index contributed by atoms with van der Waals surface area (Å²) in [5, 5.41) is 8.94. The van der Waals surface area contributed by atoms with E-state index in [1.54, 1.807) is 19.2 Å². The number of aryl methyl sites for hydroxylation is 4. The summed E-state index contributed by atoms with van der Waals surface area (Å²) in [6, 6.07) is 24.1. The van der Waals surface area contributed by atoms with Crippen LogP contribution in [-0.4, -0.2) is 18.2 Å². The van der Waals surface area contributed by atoms with Gasteiger partial charge in [-0.05, 0) is 72.2 Å². The molecule has 0 radical (unpaired) electrons. The number of carbonyl (C=O) groups is 1. The fraction of sp³-hybridized carbons (Fsp3) is 0.208. The van der Waals surface area contributed by atoms with Crippen molar-refractivity contribution in [3.05, 3.63) is 101 Å². The average Bonchev–Trinajstić information content (AvgIpc) is 2.72. The third kappa shape index (κ3) is 5.45. The SMILES string of the molecule is COc1ccc(CCc2ccc(CCc3ccc(C(=O)O)cc3)cc2)cc1. The van der Waals surface area contributed by atoms with Crippen molar-refractivity contribution in [3.8, 4) is 5.75 Å². The van der Waals surface area contributed by atoms with Crippen LogP contribution in [0.1, 0.15) is 32.6 Å². The summed E-state index contributed by atoms with van der Waals surface area (Å²) in [6.07, 6.45) is 3.89. The Balaban J connectivity index is 1.49. The van der Waals surface area contributed by atoms with Gasteiger partial charge in [0.05, 0.1) is 12.7 Å². The molecule has 0 heterocycles. The molecule has 0 bridgehead atoms. The molecular weight excluding hydrogens is 336 g/mol. The Morgan fingerprint density at radius 2 is 1.00 bits per heavy atom. The summed E-state index contributed by atoms with van der Waals surface area (Å²) < 4.78 is 5.19. The molecule has 0 atom stereocenters. The Morgan fingerprint density at radius 1 is 0.667 bits per heavy atom. The number of hydrogen-bond donors (Lipinski definition) is 1. The highest BCUT2D eigenvalue weighted by Gasteiger charge is 2.03. The van der Waals surface area contributed by atoms with Gasteiger partial charge in [-0.25, -0.2) is 4.79 Å². The van der Waals surface area contributed by atoms with Crippen LogP contribution in [0.2, 0.25) is 0 Å². The molecule has 3 aromatic rings. The van der Waals surface area contributed by atoms with E-state index in [9.17, 15) is 4.79 Å². The molecule has 0 aliphatic carbocycles. The number of carboxylic acids is 1. The van der Waals surface area contributed by atoms with Gasteiger partial charge >= 0.3 is 5.97 Å². The lowest BCUT2D eigenvalue weighted by Crippen LogP contribution is -1.97. The number of carboxylic acid groups (broad SMARTS) is 1. The lowest BCUT2D eigenvalue weighted by molar-refractivity contribution is 0.0697. The Morgan fingerprint density at radius 3 is 1.33 bits per heavy atom. The highest BCUT2D eigenvalue weighted by Crippen LogP contribution is 2.15. The van der Waals surface area contributed by atoms with Crippen LogP contribution in [0.5, 0.6) is 5.75 Å². The van der Waals surface area contributed by atoms with E-state index in [1.807, 2.05) is 24.3 Å². The van der Waals surface area contributed by atoms with Crippen LogP contribution in [-0.2, 0) is 25.7 Å². The van der Waals surface area contributed by atoms with Gasteiger partial charge in [0.1, 0.15) is 5.75 Å². The van der Waals surface area contributed by atoms with Crippen molar-refractivity contribution in [2.24, 2.45) is 0 Å². The minimum Gasteiger partial charge on any atom is -0.497 e. The molecule has 0 spiro atoms. The maximum absolute atomic E-state index is 10.9. The van der Waals surface area contributed by atoms with Crippen LogP contribution in [0.3, 0.4) is 0 Å². The van der Waals surface area contributed by atoms with Crippen molar-refractivity contribution in [2.75, 3.05) is 7.11 Å². The zero-order valence-electron chi connectivity index (χ0n) is 15.5. The van der Waals surface area contributed by atoms with Crippen LogP contribution in [0.4, 0.5) is 0 Å². The standard InChI is InChI=1S/C24H24O3/c1-27-23-16-12-21(13-17-23)9-7-19-4-2-18(3-5-19)6-8-20-10-14-22(15-11-20)24(25)26/h2-5,10-17H,6-9H2,1H3,(H,25,26). The highest BCUT2D eigenvalue weighted by molar-refractivity contribution is 5.87. The normalized spacial score (nSPS) is 10.6. The molecule has 0 saturated carbocycles. The van der Waals surface area contributed by atoms with Gasteiger partial charge in [-0.15, -0.1) is 0 Å². The van der Waals surface area contributed by atoms with Gasteiger partial charge in [0.2, 0.25) is 0 Å². The van der Waals surface area contributed by atoms with E-state index in [4.69, 9.17) is 9.84 Å². The maximum atomic E-state index is 10.9. The first-order valence-electron chi connectivity index (χ1n) is 9.17. The number of benzene rings is 3. The summed E-state index contributed by atoms with van der Waals surface area (Å²) in [5.74, 6) is 0.00693. The summed E-state index contributed by atoms with van der Waals surface area (Å²) in [5.41, 5.74) is 5.43. The van der Waals surface area contributed by atoms with Crippen LogP contribution >= 0.6 is 0 Å². The Bertz CT molecular complexity index is 863. The summed E-state index contributed by atoms with van der Waals surface area (Å²) in [7, 11) is 1.68. The van der Waals surface area contributed by atoms with E-state index in [-0.39, 0.29) is 0 Å². The zero-order valence-corrected chi connectivity index (χ0v) is 15.5. The molecule has 27 heavy (non-hydrogen) atoms. The van der Waals surface area contributed by atoms with Crippen molar-refractivity contribution < 1.29 is 14.6 Å². The molecule has 0 saturated heterocycles. The quantitative estimate of drug-likeness (QED) is 0.617. The van der Waals surface area contributed by atoms with Gasteiger partial charge in [-0.3, -0.25) is 0 Å². The summed E-state index contributed by atoms with van der Waals surface area (Å²) in [4.78, 5) is 10.9. The van der Waals surface area contributed by atoms with Gasteiger partial charge < -0.3 is 9.84 Å². The Labute approximate surface area is 160 Å². The molecule has 3 heteroatoms. The predicted octanol–water partition coefficient (Wildman–Crippen LogP) is 4.96. The third-order valence-corrected chi connectivity index (χ3v) is 4.79. The molecule has 0 aliphatic rings. The van der Waals surface area contributed by atoms with Crippen molar-refractivity contribution in [1.82, 2.24) is 0 Å². The lowest BCUT2D eigenvalue weighted by atomic mass is 10.00. The highest BCUT2D eigenvalue weighted by atomic mass is 16.5. The molecule has 3 rings (SSSR count). The van der Waals surface area contributed by atoms with E-state index in [2.05, 4.69) is 36.4 Å². The van der Waals surface area contributed by atoms with Crippen LogP contribution < -0.4 is 4.74 Å². The average molecular weight is 360 g/mol. The molecule has 0 aliphatic heterocycles. The van der Waals surface area contributed by atoms with Crippen molar-refractivity contribution in [1.29, 1.82) is 0 Å². The first kappa shape index (κ1) is 18.7. The smallest absolute Gasteiger partial charge is 0.335 e. The fourth-order valence-electron chi connectivity index (χ4n) is 3.06. The minimum absolute atomic E-state index is 0.333. The largest absolute Gasteiger partial charge is 0.497 e. The van der Waals surface area contributed by atoms with Crippen LogP contribution in [0.15, 0.2) is 72.8 Å². The first-order chi connectivity index (χ1) is 13.1. The molecule has 138 valence electrons. The van der Waals surface area contributed by atoms with E-state index in [0.29, 0.717) is 5.56 Å². The molecule has 0 unspecified atom stereocenters. The summed E-state index contributed by atoms with van der Waals surface area (Å²) in [6.45, 7) is 0. The lowest BCUT2D eigenvalue weighted by Gasteiger charge is -2.06. The van der Waals surface area contributed by atoms with Gasteiger partial charge in [0.25, 0.3) is 0 Å². The Kier molecular flexibility index (Phi) is 6.26. The zero-order chi connectivity index (χ0) is 19.1. The van der Waals surface area contributed by atoms with Crippen molar-refractivity contribution in [2.45, 2.75) is 25.7 Å². The van der Waals surface area contributed by atoms with Crippen molar-refractivity contribution in [3.63, 3.8) is 0 Å². The number of rotatable bonds is 8. The number of hydrogen-bond acceptors (Lipinski definition) is 2. The molecule has 1 N–H and O–H groups in total. The van der Waals surface area contributed by atoms with E-state index < -0.39 is 5.97 Å². The number of ether oxygens (including phenoxy) is 1. The number of aromatic carboxylic acids is 1. The molecular formula is C24H24O3. The fourth-order valence-corrected chi connectivity index (χ4v) is 3.06. The molecule has 3 aromatic carbocycles. The summed E-state index contributed by atoms with van der Waals surface area (Å²) >= 11 is 0. The van der Waals surface area contributed by atoms with Crippen LogP contribution in [0, 0.1) is 0 Å². The van der Waals surface area contributed by atoms with E-state index >= 15 is 0 Å². The predicted molar refractivity (Wildman–Crippen MR) is 108 cm³/mol. The van der Waals surface area contributed by atoms with Gasteiger partial charge in [-0.2, -0.15) is 0 Å². The minimum atomic E-state index is -0.883. The topological polar surface area (TPSA) is 46.5 Å². The maximum Gasteiger partial charge on any atom is 0.335 e. The molecule has 3 nitrogen and oxygen atoms in total.